The van der Waals surface area contributed by atoms with Crippen molar-refractivity contribution in [3.8, 4) is 5.75 Å². The summed E-state index contributed by atoms with van der Waals surface area (Å²) in [4.78, 5) is 23.7. The molecule has 1 amide bonds. The molecule has 0 heterocycles. The van der Waals surface area contributed by atoms with E-state index in [1.165, 1.54) is 6.07 Å². The van der Waals surface area contributed by atoms with Gasteiger partial charge in [0.2, 0.25) is 0 Å². The fourth-order valence-electron chi connectivity index (χ4n) is 1.99. The Labute approximate surface area is 145 Å². The molecule has 6 heteroatoms. The Morgan fingerprint density at radius 3 is 2.48 bits per heavy atom. The lowest BCUT2D eigenvalue weighted by atomic mass is 10.2. The molecule has 0 saturated heterocycles. The molecule has 0 unspecified atom stereocenters. The Hall–Kier alpha value is -2.89. The molecule has 25 heavy (non-hydrogen) atoms. The van der Waals surface area contributed by atoms with E-state index in [0.717, 1.165) is 6.42 Å². The third-order valence-electron chi connectivity index (χ3n) is 3.35. The number of carbonyl (C=O) groups excluding carboxylic acids is 2. The van der Waals surface area contributed by atoms with Gasteiger partial charge in [-0.1, -0.05) is 13.0 Å². The van der Waals surface area contributed by atoms with Crippen LogP contribution in [0, 0.1) is 12.7 Å². The van der Waals surface area contributed by atoms with E-state index >= 15 is 0 Å². The maximum absolute atomic E-state index is 13.4. The highest BCUT2D eigenvalue weighted by Crippen LogP contribution is 2.14. The van der Waals surface area contributed by atoms with Gasteiger partial charge in [-0.2, -0.15) is 0 Å². The van der Waals surface area contributed by atoms with Crippen molar-refractivity contribution in [3.05, 3.63) is 59.4 Å². The monoisotopic (exact) mass is 345 g/mol. The van der Waals surface area contributed by atoms with Gasteiger partial charge in [0.15, 0.2) is 6.61 Å². The summed E-state index contributed by atoms with van der Waals surface area (Å²) in [5.41, 5.74) is 1.11. The number of halogens is 1. The number of aryl methyl sites for hydroxylation is 1. The zero-order valence-electron chi connectivity index (χ0n) is 14.2. The van der Waals surface area contributed by atoms with E-state index in [-0.39, 0.29) is 0 Å². The van der Waals surface area contributed by atoms with Crippen LogP contribution in [0.2, 0.25) is 0 Å². The first-order valence-corrected chi connectivity index (χ1v) is 7.95. The molecule has 0 bridgehead atoms. The number of rotatable bonds is 7. The van der Waals surface area contributed by atoms with Crippen molar-refractivity contribution in [1.29, 1.82) is 0 Å². The summed E-state index contributed by atoms with van der Waals surface area (Å²) in [5.74, 6) is -0.913. The molecule has 2 aromatic rings. The van der Waals surface area contributed by atoms with Gasteiger partial charge in [0.25, 0.3) is 5.91 Å². The molecule has 0 radical (unpaired) electrons. The molecule has 0 aliphatic carbocycles. The Morgan fingerprint density at radius 1 is 1.12 bits per heavy atom. The van der Waals surface area contributed by atoms with Crippen LogP contribution in [0.15, 0.2) is 42.5 Å². The minimum Gasteiger partial charge on any atom is -0.494 e. The van der Waals surface area contributed by atoms with Crippen molar-refractivity contribution >= 4 is 17.6 Å². The normalized spacial score (nSPS) is 10.2. The second-order valence-electron chi connectivity index (χ2n) is 5.46. The second kappa shape index (κ2) is 8.82. The molecule has 0 spiro atoms. The number of benzene rings is 2. The highest BCUT2D eigenvalue weighted by atomic mass is 19.1. The molecule has 0 aliphatic heterocycles. The standard InChI is InChI=1S/C19H20FNO4/c1-3-10-24-16-8-5-14(6-9-16)19(23)25-12-18(22)21-15-7-4-13(2)17(20)11-15/h4-9,11H,3,10,12H2,1-2H3,(H,21,22). The number of hydrogen-bond acceptors (Lipinski definition) is 4. The number of ether oxygens (including phenoxy) is 2. The minimum atomic E-state index is -0.618. The van der Waals surface area contributed by atoms with Gasteiger partial charge in [0.05, 0.1) is 12.2 Å². The Balaban J connectivity index is 1.84. The van der Waals surface area contributed by atoms with E-state index < -0.39 is 24.3 Å². The maximum atomic E-state index is 13.4. The molecule has 0 aromatic heterocycles. The van der Waals surface area contributed by atoms with Crippen LogP contribution in [-0.4, -0.2) is 25.1 Å². The molecular formula is C19H20FNO4. The highest BCUT2D eigenvalue weighted by molar-refractivity contribution is 5.95. The summed E-state index contributed by atoms with van der Waals surface area (Å²) in [5, 5.41) is 2.47. The summed E-state index contributed by atoms with van der Waals surface area (Å²) in [6.07, 6.45) is 0.893. The van der Waals surface area contributed by atoms with Crippen molar-refractivity contribution in [3.63, 3.8) is 0 Å². The largest absolute Gasteiger partial charge is 0.494 e. The highest BCUT2D eigenvalue weighted by Gasteiger charge is 2.11. The first kappa shape index (κ1) is 18.4. The van der Waals surface area contributed by atoms with E-state index in [4.69, 9.17) is 9.47 Å². The smallest absolute Gasteiger partial charge is 0.338 e. The molecule has 0 aliphatic rings. The number of esters is 1. The average Bonchev–Trinajstić information content (AvgIpc) is 2.61. The summed E-state index contributed by atoms with van der Waals surface area (Å²) in [7, 11) is 0. The van der Waals surface area contributed by atoms with Crippen molar-refractivity contribution < 1.29 is 23.5 Å². The number of anilines is 1. The number of nitrogens with one attached hydrogen (secondary N) is 1. The molecular weight excluding hydrogens is 325 g/mol. The molecule has 0 saturated carbocycles. The first-order chi connectivity index (χ1) is 12.0. The van der Waals surface area contributed by atoms with E-state index in [9.17, 15) is 14.0 Å². The quantitative estimate of drug-likeness (QED) is 0.777. The van der Waals surface area contributed by atoms with Gasteiger partial charge < -0.3 is 14.8 Å². The van der Waals surface area contributed by atoms with Gasteiger partial charge in [0, 0.05) is 5.69 Å². The summed E-state index contributed by atoms with van der Waals surface area (Å²) in [6.45, 7) is 3.77. The fraction of sp³-hybridized carbons (Fsp3) is 0.263. The van der Waals surface area contributed by atoms with Crippen LogP contribution in [0.1, 0.15) is 29.3 Å². The first-order valence-electron chi connectivity index (χ1n) is 7.95. The maximum Gasteiger partial charge on any atom is 0.338 e. The number of hydrogen-bond donors (Lipinski definition) is 1. The lowest BCUT2D eigenvalue weighted by Gasteiger charge is -2.08. The van der Waals surface area contributed by atoms with Gasteiger partial charge in [-0.05, 0) is 55.3 Å². The van der Waals surface area contributed by atoms with Crippen LogP contribution in [0.3, 0.4) is 0 Å². The van der Waals surface area contributed by atoms with E-state index in [0.29, 0.717) is 29.2 Å². The summed E-state index contributed by atoms with van der Waals surface area (Å²) < 4.78 is 23.8. The Kier molecular flexibility index (Phi) is 6.51. The third kappa shape index (κ3) is 5.60. The van der Waals surface area contributed by atoms with E-state index in [1.807, 2.05) is 6.92 Å². The average molecular weight is 345 g/mol. The Morgan fingerprint density at radius 2 is 1.84 bits per heavy atom. The van der Waals surface area contributed by atoms with Crippen molar-refractivity contribution in [2.45, 2.75) is 20.3 Å². The molecule has 132 valence electrons. The van der Waals surface area contributed by atoms with Gasteiger partial charge in [0.1, 0.15) is 11.6 Å². The SMILES string of the molecule is CCCOc1ccc(C(=O)OCC(=O)Nc2ccc(C)c(F)c2)cc1. The fourth-order valence-corrected chi connectivity index (χ4v) is 1.99. The van der Waals surface area contributed by atoms with Crippen LogP contribution < -0.4 is 10.1 Å². The number of carbonyl (C=O) groups is 2. The number of amides is 1. The molecule has 5 nitrogen and oxygen atoms in total. The zero-order valence-corrected chi connectivity index (χ0v) is 14.2. The molecule has 0 fully saturated rings. The predicted molar refractivity (Wildman–Crippen MR) is 92.3 cm³/mol. The van der Waals surface area contributed by atoms with Crippen molar-refractivity contribution in [2.75, 3.05) is 18.5 Å². The van der Waals surface area contributed by atoms with Crippen LogP contribution in [-0.2, 0) is 9.53 Å². The lowest BCUT2D eigenvalue weighted by Crippen LogP contribution is -2.21. The topological polar surface area (TPSA) is 64.6 Å². The minimum absolute atomic E-state index is 0.307. The van der Waals surface area contributed by atoms with Crippen LogP contribution in [0.4, 0.5) is 10.1 Å². The predicted octanol–water partition coefficient (Wildman–Crippen LogP) is 3.72. The third-order valence-corrected chi connectivity index (χ3v) is 3.35. The molecule has 0 atom stereocenters. The van der Waals surface area contributed by atoms with Crippen molar-refractivity contribution in [2.24, 2.45) is 0 Å². The van der Waals surface area contributed by atoms with E-state index in [1.54, 1.807) is 43.3 Å². The van der Waals surface area contributed by atoms with Gasteiger partial charge in [-0.15, -0.1) is 0 Å². The lowest BCUT2D eigenvalue weighted by molar-refractivity contribution is -0.119. The van der Waals surface area contributed by atoms with Crippen LogP contribution in [0.25, 0.3) is 0 Å². The second-order valence-corrected chi connectivity index (χ2v) is 5.46. The van der Waals surface area contributed by atoms with Gasteiger partial charge in [-0.25, -0.2) is 9.18 Å². The van der Waals surface area contributed by atoms with Crippen LogP contribution >= 0.6 is 0 Å². The molecule has 2 rings (SSSR count). The van der Waals surface area contributed by atoms with Crippen LogP contribution in [0.5, 0.6) is 5.75 Å². The van der Waals surface area contributed by atoms with Crippen molar-refractivity contribution in [1.82, 2.24) is 0 Å². The zero-order chi connectivity index (χ0) is 18.2. The molecule has 2 aromatic carbocycles. The summed E-state index contributed by atoms with van der Waals surface area (Å²) in [6, 6.07) is 10.8. The Bertz CT molecular complexity index is 744. The molecule has 1 N–H and O–H groups in total. The van der Waals surface area contributed by atoms with Gasteiger partial charge >= 0.3 is 5.97 Å². The van der Waals surface area contributed by atoms with Gasteiger partial charge in [-0.3, -0.25) is 4.79 Å². The summed E-state index contributed by atoms with van der Waals surface area (Å²) >= 11 is 0. The van der Waals surface area contributed by atoms with E-state index in [2.05, 4.69) is 5.32 Å².